The van der Waals surface area contributed by atoms with Gasteiger partial charge in [0.05, 0.1) is 17.1 Å². The molecule has 0 saturated carbocycles. The van der Waals surface area contributed by atoms with Crippen molar-refractivity contribution in [2.24, 2.45) is 0 Å². The molecule has 0 aliphatic carbocycles. The summed E-state index contributed by atoms with van der Waals surface area (Å²) in [6, 6.07) is 30.6. The summed E-state index contributed by atoms with van der Waals surface area (Å²) in [4.78, 5) is 12.5. The molecule has 1 N–H and O–H groups in total. The Bertz CT molecular complexity index is 2290. The van der Waals surface area contributed by atoms with E-state index < -0.39 is 0 Å². The average molecular weight is 660 g/mol. The number of hydrogen-bond acceptors (Lipinski definition) is 4. The van der Waals surface area contributed by atoms with Gasteiger partial charge < -0.3 is 5.11 Å². The fourth-order valence-corrected chi connectivity index (χ4v) is 7.95. The second kappa shape index (κ2) is 11.6. The highest BCUT2D eigenvalue weighted by Gasteiger charge is 2.37. The molecule has 1 aliphatic rings. The summed E-state index contributed by atoms with van der Waals surface area (Å²) in [5.41, 5.74) is 14.8. The van der Waals surface area contributed by atoms with Crippen LogP contribution in [0.1, 0.15) is 94.3 Å². The first-order chi connectivity index (χ1) is 23.5. The number of anilines is 3. The van der Waals surface area contributed by atoms with Gasteiger partial charge in [-0.15, -0.1) is 0 Å². The lowest BCUT2D eigenvalue weighted by Crippen LogP contribution is -2.31. The van der Waals surface area contributed by atoms with Gasteiger partial charge in [0.25, 0.3) is 0 Å². The van der Waals surface area contributed by atoms with Crippen LogP contribution in [0.5, 0.6) is 5.75 Å². The number of benzene rings is 4. The minimum Gasteiger partial charge on any atom is -0.505 e. The van der Waals surface area contributed by atoms with E-state index in [1.807, 2.05) is 6.20 Å². The second-order valence-corrected chi connectivity index (χ2v) is 16.8. The molecule has 0 bridgehead atoms. The molecule has 0 amide bonds. The number of fused-ring (bicyclic) bond motifs is 3. The SMILES string of the molecule is Cc1cc(C)c(-c2cc(C(C)(C)C)c(O)c3nc(-c4ccc5c(c4)N(c4cc(C(C)(C)C)ccn4)c4ccccc4C5(C)C)ccc23)c(C)c1. The summed E-state index contributed by atoms with van der Waals surface area (Å²) in [5, 5.41) is 12.8. The van der Waals surface area contributed by atoms with Gasteiger partial charge in [0, 0.05) is 28.1 Å². The average Bonchev–Trinajstić information content (AvgIpc) is 3.04. The van der Waals surface area contributed by atoms with Crippen molar-refractivity contribution >= 4 is 28.1 Å². The predicted octanol–water partition coefficient (Wildman–Crippen LogP) is 12.3. The van der Waals surface area contributed by atoms with Crippen LogP contribution in [0.25, 0.3) is 33.3 Å². The largest absolute Gasteiger partial charge is 0.505 e. The van der Waals surface area contributed by atoms with Gasteiger partial charge in [-0.3, -0.25) is 4.90 Å². The number of phenols is 1. The third kappa shape index (κ3) is 5.46. The topological polar surface area (TPSA) is 49.3 Å². The molecule has 7 rings (SSSR count). The van der Waals surface area contributed by atoms with Crippen LogP contribution in [0.15, 0.2) is 91.1 Å². The Labute approximate surface area is 297 Å². The highest BCUT2D eigenvalue weighted by atomic mass is 16.3. The summed E-state index contributed by atoms with van der Waals surface area (Å²) >= 11 is 0. The number of aryl methyl sites for hydroxylation is 3. The minimum atomic E-state index is -0.281. The predicted molar refractivity (Wildman–Crippen MR) is 210 cm³/mol. The Balaban J connectivity index is 1.46. The zero-order valence-corrected chi connectivity index (χ0v) is 31.4. The van der Waals surface area contributed by atoms with Crippen molar-refractivity contribution in [2.45, 2.75) is 92.4 Å². The smallest absolute Gasteiger partial charge is 0.145 e. The minimum absolute atomic E-state index is 0.0195. The van der Waals surface area contributed by atoms with Gasteiger partial charge in [-0.1, -0.05) is 103 Å². The summed E-state index contributed by atoms with van der Waals surface area (Å²) in [7, 11) is 0. The van der Waals surface area contributed by atoms with Crippen molar-refractivity contribution in [3.8, 4) is 28.1 Å². The molecule has 1 aliphatic heterocycles. The third-order valence-corrected chi connectivity index (χ3v) is 10.6. The lowest BCUT2D eigenvalue weighted by molar-refractivity contribution is 0.452. The van der Waals surface area contributed by atoms with E-state index in [9.17, 15) is 5.11 Å². The molecule has 0 spiro atoms. The Morgan fingerprint density at radius 3 is 2.06 bits per heavy atom. The molecule has 2 aromatic heterocycles. The maximum Gasteiger partial charge on any atom is 0.145 e. The standard InChI is InChI=1S/C46H49N3O/c1-27-22-28(2)41(29(3)23-27)33-26-36(45(7,8)9)43(50)42-32(33)17-19-37(48-42)30-16-18-35-39(24-30)49(38-15-13-12-14-34(38)46(35,10)11)40-25-31(20-21-47-40)44(4,5)6/h12-26,50H,1-11H3. The Hall–Kier alpha value is -4.96. The molecule has 0 fully saturated rings. The van der Waals surface area contributed by atoms with Crippen LogP contribution in [0, 0.1) is 20.8 Å². The first-order valence-corrected chi connectivity index (χ1v) is 17.7. The summed E-state index contributed by atoms with van der Waals surface area (Å²) in [6.45, 7) is 24.3. The van der Waals surface area contributed by atoms with E-state index in [4.69, 9.17) is 9.97 Å². The highest BCUT2D eigenvalue weighted by Crippen LogP contribution is 2.52. The Morgan fingerprint density at radius 1 is 0.700 bits per heavy atom. The van der Waals surface area contributed by atoms with Gasteiger partial charge in [0.1, 0.15) is 17.1 Å². The molecule has 6 aromatic rings. The van der Waals surface area contributed by atoms with Crippen LogP contribution in [-0.2, 0) is 16.2 Å². The van der Waals surface area contributed by atoms with Gasteiger partial charge >= 0.3 is 0 Å². The van der Waals surface area contributed by atoms with E-state index in [2.05, 4.69) is 166 Å². The Kier molecular flexibility index (Phi) is 7.75. The number of aromatic hydroxyl groups is 1. The fourth-order valence-electron chi connectivity index (χ4n) is 7.95. The van der Waals surface area contributed by atoms with Crippen molar-refractivity contribution in [2.75, 3.05) is 4.90 Å². The molecular formula is C46H49N3O. The number of aromatic nitrogens is 2. The molecule has 3 heterocycles. The molecule has 0 radical (unpaired) electrons. The molecule has 4 aromatic carbocycles. The Morgan fingerprint density at radius 2 is 1.38 bits per heavy atom. The van der Waals surface area contributed by atoms with Crippen molar-refractivity contribution in [1.29, 1.82) is 0 Å². The van der Waals surface area contributed by atoms with E-state index in [1.54, 1.807) is 0 Å². The van der Waals surface area contributed by atoms with Crippen LogP contribution in [-0.4, -0.2) is 15.1 Å². The van der Waals surface area contributed by atoms with E-state index in [1.165, 1.54) is 38.9 Å². The van der Waals surface area contributed by atoms with E-state index in [-0.39, 0.29) is 22.0 Å². The van der Waals surface area contributed by atoms with Crippen molar-refractivity contribution < 1.29 is 5.11 Å². The van der Waals surface area contributed by atoms with E-state index in [0.29, 0.717) is 5.52 Å². The van der Waals surface area contributed by atoms with Gasteiger partial charge in [0.15, 0.2) is 0 Å². The van der Waals surface area contributed by atoms with E-state index in [0.717, 1.165) is 45.0 Å². The zero-order valence-electron chi connectivity index (χ0n) is 31.4. The molecule has 254 valence electrons. The summed E-state index contributed by atoms with van der Waals surface area (Å²) in [6.07, 6.45) is 1.93. The number of hydrogen-bond donors (Lipinski definition) is 1. The van der Waals surface area contributed by atoms with Crippen LogP contribution in [0.2, 0.25) is 0 Å². The zero-order chi connectivity index (χ0) is 35.9. The fraction of sp³-hybridized carbons (Fsp3) is 0.304. The number of nitrogens with zero attached hydrogens (tertiary/aromatic N) is 3. The van der Waals surface area contributed by atoms with E-state index >= 15 is 0 Å². The van der Waals surface area contributed by atoms with Gasteiger partial charge in [-0.05, 0) is 113 Å². The first kappa shape index (κ1) is 33.5. The highest BCUT2D eigenvalue weighted by molar-refractivity contribution is 6.01. The van der Waals surface area contributed by atoms with Crippen molar-refractivity contribution in [3.63, 3.8) is 0 Å². The molecular weight excluding hydrogens is 611 g/mol. The maximum atomic E-state index is 11.9. The van der Waals surface area contributed by atoms with Gasteiger partial charge in [-0.2, -0.15) is 0 Å². The third-order valence-electron chi connectivity index (χ3n) is 10.6. The number of phenolic OH excluding ortho intramolecular Hbond substituents is 1. The van der Waals surface area contributed by atoms with Crippen molar-refractivity contribution in [3.05, 3.63) is 130 Å². The number of pyridine rings is 2. The monoisotopic (exact) mass is 659 g/mol. The number of rotatable bonds is 3. The van der Waals surface area contributed by atoms with Gasteiger partial charge in [0.2, 0.25) is 0 Å². The van der Waals surface area contributed by atoms with Crippen LogP contribution >= 0.6 is 0 Å². The molecule has 4 nitrogen and oxygen atoms in total. The number of para-hydroxylation sites is 1. The lowest BCUT2D eigenvalue weighted by atomic mass is 9.73. The first-order valence-electron chi connectivity index (χ1n) is 17.7. The molecule has 4 heteroatoms. The molecule has 0 unspecified atom stereocenters. The normalized spacial score (nSPS) is 14.1. The van der Waals surface area contributed by atoms with Crippen LogP contribution in [0.4, 0.5) is 17.2 Å². The molecule has 0 saturated heterocycles. The summed E-state index contributed by atoms with van der Waals surface area (Å²) < 4.78 is 0. The van der Waals surface area contributed by atoms with Crippen LogP contribution < -0.4 is 4.90 Å². The second-order valence-electron chi connectivity index (χ2n) is 16.8. The molecule has 0 atom stereocenters. The van der Waals surface area contributed by atoms with Gasteiger partial charge in [-0.25, -0.2) is 9.97 Å². The quantitative estimate of drug-likeness (QED) is 0.205. The molecule has 50 heavy (non-hydrogen) atoms. The summed E-state index contributed by atoms with van der Waals surface area (Å²) in [5.74, 6) is 1.14. The maximum absolute atomic E-state index is 11.9. The lowest BCUT2D eigenvalue weighted by Gasteiger charge is -2.42. The van der Waals surface area contributed by atoms with Crippen LogP contribution in [0.3, 0.4) is 0 Å². The van der Waals surface area contributed by atoms with Crippen molar-refractivity contribution in [1.82, 2.24) is 9.97 Å².